The zero-order chi connectivity index (χ0) is 12.0. The van der Waals surface area contributed by atoms with Crippen LogP contribution in [0.2, 0.25) is 0 Å². The minimum absolute atomic E-state index is 0.0290. The predicted octanol–water partition coefficient (Wildman–Crippen LogP) is 1.99. The van der Waals surface area contributed by atoms with Gasteiger partial charge in [0.15, 0.2) is 0 Å². The Morgan fingerprint density at radius 2 is 2.06 bits per heavy atom. The third kappa shape index (κ3) is 3.90. The topological polar surface area (TPSA) is 55.2 Å². The first-order valence-electron chi connectivity index (χ1n) is 4.82. The molecule has 0 spiro atoms. The van der Waals surface area contributed by atoms with Crippen molar-refractivity contribution in [1.29, 1.82) is 0 Å². The number of para-hydroxylation sites is 1. The van der Waals surface area contributed by atoms with Gasteiger partial charge in [-0.2, -0.15) is 0 Å². The van der Waals surface area contributed by atoms with Gasteiger partial charge in [0.1, 0.15) is 0 Å². The second-order valence-corrected chi connectivity index (χ2v) is 3.23. The van der Waals surface area contributed by atoms with Crippen LogP contribution in [0.4, 0.5) is 14.5 Å². The molecule has 16 heavy (non-hydrogen) atoms. The standard InChI is InChI=1S/C10H12F2N2O2/c11-10(12)7-13-6-5-8-3-1-2-4-9(8)14(15)16/h1-4,10,13H,5-7H2. The van der Waals surface area contributed by atoms with Crippen LogP contribution >= 0.6 is 0 Å². The lowest BCUT2D eigenvalue weighted by molar-refractivity contribution is -0.385. The van der Waals surface area contributed by atoms with Crippen molar-refractivity contribution in [2.75, 3.05) is 13.1 Å². The molecule has 1 aromatic carbocycles. The summed E-state index contributed by atoms with van der Waals surface area (Å²) in [7, 11) is 0. The molecule has 88 valence electrons. The molecule has 0 aliphatic carbocycles. The predicted molar refractivity (Wildman–Crippen MR) is 55.7 cm³/mol. The largest absolute Gasteiger partial charge is 0.311 e. The van der Waals surface area contributed by atoms with Gasteiger partial charge in [-0.1, -0.05) is 18.2 Å². The molecule has 0 aromatic heterocycles. The molecule has 0 aliphatic heterocycles. The Hall–Kier alpha value is -1.56. The lowest BCUT2D eigenvalue weighted by atomic mass is 10.1. The van der Waals surface area contributed by atoms with E-state index in [1.807, 2.05) is 0 Å². The van der Waals surface area contributed by atoms with Crippen LogP contribution in [0, 0.1) is 10.1 Å². The maximum atomic E-state index is 11.8. The Bertz CT molecular complexity index is 358. The van der Waals surface area contributed by atoms with E-state index in [9.17, 15) is 18.9 Å². The highest BCUT2D eigenvalue weighted by Gasteiger charge is 2.11. The smallest absolute Gasteiger partial charge is 0.272 e. The molecular formula is C10H12F2N2O2. The quantitative estimate of drug-likeness (QED) is 0.462. The number of nitro benzene ring substituents is 1. The van der Waals surface area contributed by atoms with Crippen LogP contribution in [-0.4, -0.2) is 24.4 Å². The van der Waals surface area contributed by atoms with Crippen LogP contribution < -0.4 is 5.32 Å². The van der Waals surface area contributed by atoms with Crippen LogP contribution in [0.1, 0.15) is 5.56 Å². The van der Waals surface area contributed by atoms with Crippen molar-refractivity contribution in [1.82, 2.24) is 5.32 Å². The fraction of sp³-hybridized carbons (Fsp3) is 0.400. The molecule has 0 fully saturated rings. The average Bonchev–Trinajstić information content (AvgIpc) is 2.24. The van der Waals surface area contributed by atoms with Crippen LogP contribution in [-0.2, 0) is 6.42 Å². The van der Waals surface area contributed by atoms with E-state index in [1.165, 1.54) is 6.07 Å². The highest BCUT2D eigenvalue weighted by molar-refractivity contribution is 5.39. The minimum Gasteiger partial charge on any atom is -0.311 e. The molecule has 0 heterocycles. The summed E-state index contributed by atoms with van der Waals surface area (Å²) in [5.74, 6) is 0. The molecule has 0 bridgehead atoms. The first-order chi connectivity index (χ1) is 7.61. The Labute approximate surface area is 91.4 Å². The highest BCUT2D eigenvalue weighted by atomic mass is 19.3. The number of rotatable bonds is 6. The van der Waals surface area contributed by atoms with Gasteiger partial charge in [0, 0.05) is 11.6 Å². The van der Waals surface area contributed by atoms with Crippen molar-refractivity contribution in [2.45, 2.75) is 12.8 Å². The highest BCUT2D eigenvalue weighted by Crippen LogP contribution is 2.17. The molecule has 1 aromatic rings. The lowest BCUT2D eigenvalue weighted by Crippen LogP contribution is -2.23. The average molecular weight is 230 g/mol. The zero-order valence-electron chi connectivity index (χ0n) is 8.53. The van der Waals surface area contributed by atoms with Crippen LogP contribution in [0.3, 0.4) is 0 Å². The number of nitrogens with zero attached hydrogens (tertiary/aromatic N) is 1. The number of benzene rings is 1. The first kappa shape index (κ1) is 12.5. The van der Waals surface area contributed by atoms with Crippen LogP contribution in [0.5, 0.6) is 0 Å². The Balaban J connectivity index is 2.50. The van der Waals surface area contributed by atoms with Crippen molar-refractivity contribution >= 4 is 5.69 Å². The molecule has 0 amide bonds. The molecule has 0 saturated heterocycles. The molecular weight excluding hydrogens is 218 g/mol. The van der Waals surface area contributed by atoms with Gasteiger partial charge in [-0.05, 0) is 13.0 Å². The van der Waals surface area contributed by atoms with Gasteiger partial charge in [-0.15, -0.1) is 0 Å². The van der Waals surface area contributed by atoms with Crippen molar-refractivity contribution in [3.8, 4) is 0 Å². The number of nitrogens with one attached hydrogen (secondary N) is 1. The molecule has 1 rings (SSSR count). The van der Waals surface area contributed by atoms with Gasteiger partial charge >= 0.3 is 0 Å². The van der Waals surface area contributed by atoms with Crippen molar-refractivity contribution < 1.29 is 13.7 Å². The third-order valence-electron chi connectivity index (χ3n) is 2.06. The summed E-state index contributed by atoms with van der Waals surface area (Å²) in [5.41, 5.74) is 0.579. The fourth-order valence-electron chi connectivity index (χ4n) is 1.33. The summed E-state index contributed by atoms with van der Waals surface area (Å²) < 4.78 is 23.6. The molecule has 0 saturated carbocycles. The maximum absolute atomic E-state index is 11.8. The minimum atomic E-state index is -2.40. The molecule has 0 unspecified atom stereocenters. The molecule has 0 aliphatic rings. The summed E-state index contributed by atoms with van der Waals surface area (Å²) >= 11 is 0. The van der Waals surface area contributed by atoms with E-state index in [0.717, 1.165) is 0 Å². The fourth-order valence-corrected chi connectivity index (χ4v) is 1.33. The number of halogens is 2. The Kier molecular flexibility index (Phi) is 4.78. The number of hydrogen-bond acceptors (Lipinski definition) is 3. The molecule has 6 heteroatoms. The summed E-state index contributed by atoms with van der Waals surface area (Å²) in [5, 5.41) is 13.2. The van der Waals surface area contributed by atoms with Gasteiger partial charge in [0.2, 0.25) is 0 Å². The normalized spacial score (nSPS) is 10.7. The van der Waals surface area contributed by atoms with E-state index in [-0.39, 0.29) is 12.2 Å². The molecule has 0 radical (unpaired) electrons. The van der Waals surface area contributed by atoms with Gasteiger partial charge in [-0.3, -0.25) is 10.1 Å². The second kappa shape index (κ2) is 6.12. The van der Waals surface area contributed by atoms with Crippen molar-refractivity contribution in [3.05, 3.63) is 39.9 Å². The van der Waals surface area contributed by atoms with Crippen LogP contribution in [0.15, 0.2) is 24.3 Å². The van der Waals surface area contributed by atoms with E-state index in [1.54, 1.807) is 18.2 Å². The summed E-state index contributed by atoms with van der Waals surface area (Å²) in [6.45, 7) is -0.0875. The first-order valence-corrected chi connectivity index (χ1v) is 4.82. The Morgan fingerprint density at radius 3 is 2.69 bits per heavy atom. The zero-order valence-corrected chi connectivity index (χ0v) is 8.53. The van der Waals surface area contributed by atoms with E-state index in [0.29, 0.717) is 18.5 Å². The Morgan fingerprint density at radius 1 is 1.38 bits per heavy atom. The van der Waals surface area contributed by atoms with Crippen molar-refractivity contribution in [3.63, 3.8) is 0 Å². The van der Waals surface area contributed by atoms with Gasteiger partial charge in [0.25, 0.3) is 12.1 Å². The number of alkyl halides is 2. The molecule has 1 N–H and O–H groups in total. The molecule has 0 atom stereocenters. The van der Waals surface area contributed by atoms with Crippen molar-refractivity contribution in [2.24, 2.45) is 0 Å². The summed E-state index contributed by atoms with van der Waals surface area (Å²) in [6, 6.07) is 6.30. The number of nitro groups is 1. The third-order valence-corrected chi connectivity index (χ3v) is 2.06. The maximum Gasteiger partial charge on any atom is 0.272 e. The van der Waals surface area contributed by atoms with Crippen LogP contribution in [0.25, 0.3) is 0 Å². The van der Waals surface area contributed by atoms with E-state index >= 15 is 0 Å². The van der Waals surface area contributed by atoms with Gasteiger partial charge in [-0.25, -0.2) is 8.78 Å². The molecule has 4 nitrogen and oxygen atoms in total. The van der Waals surface area contributed by atoms with Gasteiger partial charge < -0.3 is 5.32 Å². The monoisotopic (exact) mass is 230 g/mol. The van der Waals surface area contributed by atoms with Gasteiger partial charge in [0.05, 0.1) is 11.5 Å². The van der Waals surface area contributed by atoms with E-state index < -0.39 is 11.3 Å². The summed E-state index contributed by atoms with van der Waals surface area (Å²) in [4.78, 5) is 10.2. The second-order valence-electron chi connectivity index (χ2n) is 3.23. The SMILES string of the molecule is O=[N+]([O-])c1ccccc1CCNCC(F)F. The summed E-state index contributed by atoms with van der Waals surface area (Å²) in [6.07, 6.45) is -2.03. The van der Waals surface area contributed by atoms with E-state index in [2.05, 4.69) is 5.32 Å². The number of hydrogen-bond donors (Lipinski definition) is 1. The lowest BCUT2D eigenvalue weighted by Gasteiger charge is -2.04. The van der Waals surface area contributed by atoms with E-state index in [4.69, 9.17) is 0 Å².